The van der Waals surface area contributed by atoms with Crippen LogP contribution in [0.4, 0.5) is 4.39 Å². The molecule has 0 bridgehead atoms. The Morgan fingerprint density at radius 3 is 2.81 bits per heavy atom. The van der Waals surface area contributed by atoms with Gasteiger partial charge >= 0.3 is 5.97 Å². The zero-order chi connectivity index (χ0) is 15.4. The number of aliphatic carboxylic acids is 1. The minimum absolute atomic E-state index is 0.109. The van der Waals surface area contributed by atoms with Gasteiger partial charge in [-0.1, -0.05) is 28.9 Å². The number of likely N-dealkylation sites (N-methyl/N-ethyl adjacent to an activating group) is 1. The van der Waals surface area contributed by atoms with Gasteiger partial charge in [-0.05, 0) is 37.1 Å². The van der Waals surface area contributed by atoms with E-state index in [1.807, 2.05) is 11.8 Å². The number of carboxylic acid groups (broad SMARTS) is 1. The Balaban J connectivity index is 1.76. The van der Waals surface area contributed by atoms with Gasteiger partial charge < -0.3 is 10.4 Å². The third-order valence-electron chi connectivity index (χ3n) is 3.97. The van der Waals surface area contributed by atoms with Crippen LogP contribution >= 0.6 is 15.9 Å². The Morgan fingerprint density at radius 2 is 2.24 bits per heavy atom. The van der Waals surface area contributed by atoms with Crippen molar-refractivity contribution in [2.24, 2.45) is 0 Å². The summed E-state index contributed by atoms with van der Waals surface area (Å²) >= 11 is 3.36. The molecule has 1 saturated carbocycles. The van der Waals surface area contributed by atoms with E-state index in [-0.39, 0.29) is 12.4 Å². The number of nitrogens with zero attached hydrogens (tertiary/aromatic N) is 1. The van der Waals surface area contributed by atoms with E-state index in [1.54, 1.807) is 6.07 Å². The van der Waals surface area contributed by atoms with Gasteiger partial charge in [-0.2, -0.15) is 0 Å². The molecule has 1 aliphatic rings. The first-order valence-electron chi connectivity index (χ1n) is 7.12. The summed E-state index contributed by atoms with van der Waals surface area (Å²) in [4.78, 5) is 12.8. The summed E-state index contributed by atoms with van der Waals surface area (Å²) in [5.74, 6) is -1.02. The molecule has 0 amide bonds. The number of carbonyl (C=O) groups is 1. The Morgan fingerprint density at radius 1 is 1.52 bits per heavy atom. The minimum atomic E-state index is -0.775. The molecular formula is C15H20BrFN2O2. The topological polar surface area (TPSA) is 52.6 Å². The number of benzene rings is 1. The van der Waals surface area contributed by atoms with E-state index in [2.05, 4.69) is 21.2 Å². The summed E-state index contributed by atoms with van der Waals surface area (Å²) in [6, 6.07) is 5.43. The number of halogens is 2. The third-order valence-corrected chi connectivity index (χ3v) is 4.71. The first-order valence-corrected chi connectivity index (χ1v) is 7.92. The smallest absolute Gasteiger partial charge is 0.317 e. The Bertz CT molecular complexity index is 506. The van der Waals surface area contributed by atoms with Crippen LogP contribution in [0.2, 0.25) is 0 Å². The van der Waals surface area contributed by atoms with E-state index < -0.39 is 5.97 Å². The van der Waals surface area contributed by atoms with Crippen LogP contribution in [0.15, 0.2) is 22.7 Å². The van der Waals surface area contributed by atoms with Crippen molar-refractivity contribution in [2.75, 3.05) is 13.1 Å². The zero-order valence-corrected chi connectivity index (χ0v) is 13.6. The van der Waals surface area contributed by atoms with Gasteiger partial charge in [-0.25, -0.2) is 4.39 Å². The standard InChI is InChI=1S/C15H20BrFN2O2/c1-2-19(9-15(20)21)13-6-12(7-13)18-8-10-3-4-11(17)5-14(10)16/h3-5,12-13,18H,2,6-9H2,1H3,(H,20,21). The molecule has 0 radical (unpaired) electrons. The van der Waals surface area contributed by atoms with Gasteiger partial charge in [0.1, 0.15) is 5.82 Å². The lowest BCUT2D eigenvalue weighted by atomic mass is 9.85. The maximum atomic E-state index is 13.0. The largest absolute Gasteiger partial charge is 0.480 e. The van der Waals surface area contributed by atoms with Crippen molar-refractivity contribution >= 4 is 21.9 Å². The molecule has 1 aromatic carbocycles. The number of hydrogen-bond donors (Lipinski definition) is 2. The molecule has 0 atom stereocenters. The maximum absolute atomic E-state index is 13.0. The van der Waals surface area contributed by atoms with Crippen LogP contribution in [0.3, 0.4) is 0 Å². The molecule has 0 unspecified atom stereocenters. The third kappa shape index (κ3) is 4.49. The monoisotopic (exact) mass is 358 g/mol. The van der Waals surface area contributed by atoms with Crippen LogP contribution in [-0.2, 0) is 11.3 Å². The second kappa shape index (κ2) is 7.33. The summed E-state index contributed by atoms with van der Waals surface area (Å²) in [6.45, 7) is 3.53. The van der Waals surface area contributed by atoms with E-state index in [0.29, 0.717) is 18.6 Å². The van der Waals surface area contributed by atoms with Crippen LogP contribution in [0.5, 0.6) is 0 Å². The highest BCUT2D eigenvalue weighted by Gasteiger charge is 2.33. The van der Waals surface area contributed by atoms with Gasteiger partial charge in [0, 0.05) is 23.1 Å². The van der Waals surface area contributed by atoms with Gasteiger partial charge in [0.2, 0.25) is 0 Å². The fourth-order valence-corrected chi connectivity index (χ4v) is 3.14. The lowest BCUT2D eigenvalue weighted by Crippen LogP contribution is -2.53. The Hall–Kier alpha value is -0.980. The summed E-state index contributed by atoms with van der Waals surface area (Å²) in [6.07, 6.45) is 1.92. The van der Waals surface area contributed by atoms with Crippen LogP contribution < -0.4 is 5.32 Å². The molecule has 1 aliphatic carbocycles. The number of nitrogens with one attached hydrogen (secondary N) is 1. The molecule has 6 heteroatoms. The highest BCUT2D eigenvalue weighted by atomic mass is 79.9. The fraction of sp³-hybridized carbons (Fsp3) is 0.533. The van der Waals surface area contributed by atoms with E-state index in [0.717, 1.165) is 29.4 Å². The molecule has 0 heterocycles. The predicted octanol–water partition coefficient (Wildman–Crippen LogP) is 2.62. The fourth-order valence-electron chi connectivity index (χ4n) is 2.64. The lowest BCUT2D eigenvalue weighted by molar-refractivity contribution is -0.139. The van der Waals surface area contributed by atoms with Gasteiger partial charge in [0.05, 0.1) is 6.54 Å². The molecule has 1 aromatic rings. The Kier molecular flexibility index (Phi) is 5.72. The molecule has 116 valence electrons. The molecule has 0 aromatic heterocycles. The van der Waals surface area contributed by atoms with E-state index in [4.69, 9.17) is 5.11 Å². The number of rotatable bonds is 7. The molecule has 2 N–H and O–H groups in total. The van der Waals surface area contributed by atoms with Crippen molar-refractivity contribution in [3.8, 4) is 0 Å². The second-order valence-corrected chi connectivity index (χ2v) is 6.25. The van der Waals surface area contributed by atoms with Gasteiger partial charge in [0.15, 0.2) is 0 Å². The molecular weight excluding hydrogens is 339 g/mol. The summed E-state index contributed by atoms with van der Waals surface area (Å²) in [5, 5.41) is 12.3. The van der Waals surface area contributed by atoms with Gasteiger partial charge in [0.25, 0.3) is 0 Å². The molecule has 0 aliphatic heterocycles. The summed E-state index contributed by atoms with van der Waals surface area (Å²) in [5.41, 5.74) is 1.03. The Labute approximate surface area is 132 Å². The van der Waals surface area contributed by atoms with Crippen molar-refractivity contribution in [1.29, 1.82) is 0 Å². The van der Waals surface area contributed by atoms with Gasteiger partial charge in [-0.15, -0.1) is 0 Å². The highest BCUT2D eigenvalue weighted by molar-refractivity contribution is 9.10. The first-order chi connectivity index (χ1) is 9.99. The normalized spacial score (nSPS) is 21.3. The number of hydrogen-bond acceptors (Lipinski definition) is 3. The van der Waals surface area contributed by atoms with E-state index in [9.17, 15) is 9.18 Å². The average molecular weight is 359 g/mol. The maximum Gasteiger partial charge on any atom is 0.317 e. The minimum Gasteiger partial charge on any atom is -0.480 e. The van der Waals surface area contributed by atoms with Crippen molar-refractivity contribution in [2.45, 2.75) is 38.4 Å². The van der Waals surface area contributed by atoms with Crippen LogP contribution in [0, 0.1) is 5.82 Å². The summed E-state index contributed by atoms with van der Waals surface area (Å²) in [7, 11) is 0. The average Bonchev–Trinajstić information content (AvgIpc) is 2.37. The second-order valence-electron chi connectivity index (χ2n) is 5.40. The van der Waals surface area contributed by atoms with Crippen LogP contribution in [0.25, 0.3) is 0 Å². The van der Waals surface area contributed by atoms with Crippen molar-refractivity contribution in [3.63, 3.8) is 0 Å². The van der Waals surface area contributed by atoms with Crippen LogP contribution in [-0.4, -0.2) is 41.1 Å². The summed E-state index contributed by atoms with van der Waals surface area (Å²) < 4.78 is 13.8. The molecule has 0 spiro atoms. The first kappa shape index (κ1) is 16.4. The molecule has 4 nitrogen and oxygen atoms in total. The molecule has 21 heavy (non-hydrogen) atoms. The SMILES string of the molecule is CCN(CC(=O)O)C1CC(NCc2ccc(F)cc2Br)C1. The van der Waals surface area contributed by atoms with E-state index in [1.165, 1.54) is 12.1 Å². The van der Waals surface area contributed by atoms with E-state index >= 15 is 0 Å². The molecule has 0 saturated heterocycles. The molecule has 2 rings (SSSR count). The zero-order valence-electron chi connectivity index (χ0n) is 12.0. The lowest BCUT2D eigenvalue weighted by Gasteiger charge is -2.42. The van der Waals surface area contributed by atoms with Crippen molar-refractivity contribution in [1.82, 2.24) is 10.2 Å². The predicted molar refractivity (Wildman–Crippen MR) is 82.6 cm³/mol. The molecule has 1 fully saturated rings. The van der Waals surface area contributed by atoms with Crippen molar-refractivity contribution in [3.05, 3.63) is 34.1 Å². The number of carboxylic acids is 1. The highest BCUT2D eigenvalue weighted by Crippen LogP contribution is 2.26. The van der Waals surface area contributed by atoms with Crippen LogP contribution in [0.1, 0.15) is 25.3 Å². The van der Waals surface area contributed by atoms with Crippen molar-refractivity contribution < 1.29 is 14.3 Å². The van der Waals surface area contributed by atoms with Gasteiger partial charge in [-0.3, -0.25) is 9.69 Å². The quantitative estimate of drug-likeness (QED) is 0.786.